The number of carbonyl (C=O) groups is 1. The molecule has 0 aliphatic carbocycles. The maximum absolute atomic E-state index is 10.4. The number of rotatable bonds is 14. The predicted octanol–water partition coefficient (Wildman–Crippen LogP) is 4.16. The molecule has 0 aromatic rings. The molecule has 0 rings (SSSR count). The highest BCUT2D eigenvalue weighted by Gasteiger charge is 2.01. The van der Waals surface area contributed by atoms with Crippen molar-refractivity contribution in [2.75, 3.05) is 0 Å². The minimum atomic E-state index is -0.844. The van der Waals surface area contributed by atoms with Crippen molar-refractivity contribution >= 4 is 5.97 Å². The van der Waals surface area contributed by atoms with Gasteiger partial charge in [0.05, 0.1) is 12.2 Å². The molecule has 0 amide bonds. The summed E-state index contributed by atoms with van der Waals surface area (Å²) in [7, 11) is 0. The van der Waals surface area contributed by atoms with E-state index < -0.39 is 18.2 Å². The van der Waals surface area contributed by atoms with E-state index >= 15 is 0 Å². The predicted molar refractivity (Wildman–Crippen MR) is 98.8 cm³/mol. The van der Waals surface area contributed by atoms with Crippen LogP contribution in [0.25, 0.3) is 0 Å². The quantitative estimate of drug-likeness (QED) is 0.329. The number of carboxylic acid groups (broad SMARTS) is 1. The molecule has 3 N–H and O–H groups in total. The largest absolute Gasteiger partial charge is 0.481 e. The number of aliphatic hydroxyl groups is 2. The van der Waals surface area contributed by atoms with Crippen LogP contribution >= 0.6 is 0 Å². The lowest BCUT2D eigenvalue weighted by molar-refractivity contribution is -0.137. The summed E-state index contributed by atoms with van der Waals surface area (Å²) in [6.07, 6.45) is 19.8. The van der Waals surface area contributed by atoms with Crippen LogP contribution in [0.2, 0.25) is 0 Å². The maximum atomic E-state index is 10.4. The van der Waals surface area contributed by atoms with Gasteiger partial charge in [-0.05, 0) is 32.1 Å². The van der Waals surface area contributed by atoms with E-state index in [-0.39, 0.29) is 6.42 Å². The number of aliphatic carboxylic acids is 1. The summed E-state index contributed by atoms with van der Waals surface area (Å²) in [6.45, 7) is 2.18. The molecule has 2 unspecified atom stereocenters. The van der Waals surface area contributed by atoms with E-state index in [0.29, 0.717) is 19.3 Å². The van der Waals surface area contributed by atoms with Crippen LogP contribution in [-0.4, -0.2) is 33.5 Å². The molecule has 0 spiro atoms. The highest BCUT2D eigenvalue weighted by atomic mass is 16.4. The van der Waals surface area contributed by atoms with Crippen LogP contribution in [0, 0.1) is 0 Å². The molecule has 2 atom stereocenters. The molecular weight excluding hydrogens is 304 g/mol. The summed E-state index contributed by atoms with van der Waals surface area (Å²) < 4.78 is 0. The lowest BCUT2D eigenvalue weighted by Gasteiger charge is -2.02. The Morgan fingerprint density at radius 2 is 1.58 bits per heavy atom. The Labute approximate surface area is 145 Å². The Hall–Kier alpha value is -1.65. The molecule has 4 nitrogen and oxygen atoms in total. The van der Waals surface area contributed by atoms with Gasteiger partial charge >= 0.3 is 5.97 Å². The molecule has 0 saturated heterocycles. The zero-order valence-electron chi connectivity index (χ0n) is 14.7. The Bertz CT molecular complexity index is 421. The van der Waals surface area contributed by atoms with Crippen molar-refractivity contribution in [1.29, 1.82) is 0 Å². The maximum Gasteiger partial charge on any atom is 0.303 e. The number of unbranched alkanes of at least 4 members (excludes halogenated alkanes) is 3. The van der Waals surface area contributed by atoms with E-state index in [1.54, 1.807) is 24.3 Å². The highest BCUT2D eigenvalue weighted by molar-refractivity contribution is 5.66. The summed E-state index contributed by atoms with van der Waals surface area (Å²) in [5.74, 6) is -0.844. The first-order valence-electron chi connectivity index (χ1n) is 8.80. The summed E-state index contributed by atoms with van der Waals surface area (Å²) in [6, 6.07) is 0. The van der Waals surface area contributed by atoms with Crippen LogP contribution in [0.5, 0.6) is 0 Å². The topological polar surface area (TPSA) is 77.8 Å². The average molecular weight is 336 g/mol. The number of aliphatic hydroxyl groups excluding tert-OH is 2. The molecule has 24 heavy (non-hydrogen) atoms. The number of carboxylic acids is 1. The van der Waals surface area contributed by atoms with E-state index in [9.17, 15) is 15.0 Å². The van der Waals surface area contributed by atoms with Crippen molar-refractivity contribution in [3.05, 3.63) is 48.6 Å². The fourth-order valence-corrected chi connectivity index (χ4v) is 2.01. The fraction of sp³-hybridized carbons (Fsp3) is 0.550. The van der Waals surface area contributed by atoms with Gasteiger partial charge in [-0.1, -0.05) is 68.4 Å². The highest BCUT2D eigenvalue weighted by Crippen LogP contribution is 2.03. The third-order valence-electron chi connectivity index (χ3n) is 3.40. The molecule has 0 heterocycles. The Kier molecular flexibility index (Phi) is 15.1. The average Bonchev–Trinajstić information content (AvgIpc) is 2.53. The molecule has 0 radical (unpaired) electrons. The molecule has 0 saturated carbocycles. The van der Waals surface area contributed by atoms with E-state index in [1.807, 2.05) is 18.2 Å². The molecule has 136 valence electrons. The Morgan fingerprint density at radius 1 is 0.917 bits per heavy atom. The van der Waals surface area contributed by atoms with Crippen molar-refractivity contribution in [2.24, 2.45) is 0 Å². The lowest BCUT2D eigenvalue weighted by atomic mass is 10.1. The van der Waals surface area contributed by atoms with E-state index in [4.69, 9.17) is 5.11 Å². The van der Waals surface area contributed by atoms with Crippen LogP contribution < -0.4 is 0 Å². The molecule has 0 aliphatic rings. The Morgan fingerprint density at radius 3 is 2.25 bits per heavy atom. The first-order chi connectivity index (χ1) is 11.6. The van der Waals surface area contributed by atoms with Crippen molar-refractivity contribution in [1.82, 2.24) is 0 Å². The Balaban J connectivity index is 3.80. The van der Waals surface area contributed by atoms with E-state index in [1.165, 1.54) is 19.3 Å². The molecule has 0 aliphatic heterocycles. The van der Waals surface area contributed by atoms with Gasteiger partial charge in [0.1, 0.15) is 0 Å². The summed E-state index contributed by atoms with van der Waals surface area (Å²) in [5, 5.41) is 27.9. The van der Waals surface area contributed by atoms with Gasteiger partial charge in [-0.3, -0.25) is 4.79 Å². The molecule has 0 fully saturated rings. The summed E-state index contributed by atoms with van der Waals surface area (Å²) >= 11 is 0. The SMILES string of the molecule is CCCCCC=CC=CC(O)CC=CC=CC(O)CCCC(=O)O. The van der Waals surface area contributed by atoms with Crippen LogP contribution in [0.1, 0.15) is 58.3 Å². The van der Waals surface area contributed by atoms with Crippen LogP contribution in [0.15, 0.2) is 48.6 Å². The van der Waals surface area contributed by atoms with Gasteiger partial charge < -0.3 is 15.3 Å². The lowest BCUT2D eigenvalue weighted by Crippen LogP contribution is -2.03. The molecule has 0 aromatic heterocycles. The van der Waals surface area contributed by atoms with Crippen LogP contribution in [0.3, 0.4) is 0 Å². The normalized spacial score (nSPS) is 15.1. The minimum Gasteiger partial charge on any atom is -0.481 e. The molecular formula is C20H32O4. The van der Waals surface area contributed by atoms with Gasteiger partial charge in [-0.2, -0.15) is 0 Å². The van der Waals surface area contributed by atoms with E-state index in [0.717, 1.165) is 6.42 Å². The number of hydrogen-bond donors (Lipinski definition) is 3. The van der Waals surface area contributed by atoms with Crippen LogP contribution in [-0.2, 0) is 4.79 Å². The number of hydrogen-bond acceptors (Lipinski definition) is 3. The molecule has 0 aromatic carbocycles. The second-order valence-corrected chi connectivity index (χ2v) is 5.78. The van der Waals surface area contributed by atoms with E-state index in [2.05, 4.69) is 13.0 Å². The monoisotopic (exact) mass is 336 g/mol. The van der Waals surface area contributed by atoms with Crippen molar-refractivity contribution in [3.63, 3.8) is 0 Å². The first kappa shape index (κ1) is 22.4. The van der Waals surface area contributed by atoms with Crippen molar-refractivity contribution in [2.45, 2.75) is 70.5 Å². The van der Waals surface area contributed by atoms with Gasteiger partial charge in [0.15, 0.2) is 0 Å². The third-order valence-corrected chi connectivity index (χ3v) is 3.40. The second-order valence-electron chi connectivity index (χ2n) is 5.78. The zero-order valence-corrected chi connectivity index (χ0v) is 14.7. The molecule has 4 heteroatoms. The van der Waals surface area contributed by atoms with Gasteiger partial charge in [0.25, 0.3) is 0 Å². The van der Waals surface area contributed by atoms with Crippen molar-refractivity contribution < 1.29 is 20.1 Å². The van der Waals surface area contributed by atoms with Gasteiger partial charge in [0.2, 0.25) is 0 Å². The number of allylic oxidation sites excluding steroid dienone is 5. The van der Waals surface area contributed by atoms with Crippen LogP contribution in [0.4, 0.5) is 0 Å². The molecule has 0 bridgehead atoms. The van der Waals surface area contributed by atoms with Gasteiger partial charge in [-0.25, -0.2) is 0 Å². The summed E-state index contributed by atoms with van der Waals surface area (Å²) in [4.78, 5) is 10.4. The van der Waals surface area contributed by atoms with Gasteiger partial charge in [-0.15, -0.1) is 0 Å². The zero-order chi connectivity index (χ0) is 18.0. The standard InChI is InChI=1S/C20H32O4/c1-2-3-4-5-6-7-9-13-18(21)14-10-8-11-15-19(22)16-12-17-20(23)24/h6-11,13,15,18-19,21-22H,2-5,12,14,16-17H2,1H3,(H,23,24). The third kappa shape index (κ3) is 16.7. The van der Waals surface area contributed by atoms with Crippen molar-refractivity contribution in [3.8, 4) is 0 Å². The minimum absolute atomic E-state index is 0.0757. The smallest absolute Gasteiger partial charge is 0.303 e. The second kappa shape index (κ2) is 16.2. The fourth-order valence-electron chi connectivity index (χ4n) is 2.01. The first-order valence-corrected chi connectivity index (χ1v) is 8.80. The summed E-state index contributed by atoms with van der Waals surface area (Å²) in [5.41, 5.74) is 0. The van der Waals surface area contributed by atoms with Gasteiger partial charge in [0, 0.05) is 6.42 Å².